The van der Waals surface area contributed by atoms with Gasteiger partial charge in [0.25, 0.3) is 0 Å². The number of benzene rings is 2. The molecule has 0 N–H and O–H groups in total. The SMILES string of the molecule is Cc1ccc(-c2cc(Cl)ccc2C=O)cc1C. The van der Waals surface area contributed by atoms with Crippen molar-refractivity contribution in [2.75, 3.05) is 0 Å². The molecule has 2 rings (SSSR count). The van der Waals surface area contributed by atoms with Gasteiger partial charge < -0.3 is 0 Å². The Morgan fingerprint density at radius 2 is 1.76 bits per heavy atom. The van der Waals surface area contributed by atoms with Crippen molar-refractivity contribution in [3.05, 3.63) is 58.1 Å². The van der Waals surface area contributed by atoms with E-state index in [0.29, 0.717) is 10.6 Å². The van der Waals surface area contributed by atoms with Crippen molar-refractivity contribution in [3.8, 4) is 11.1 Å². The van der Waals surface area contributed by atoms with Crippen molar-refractivity contribution in [2.24, 2.45) is 0 Å². The fourth-order valence-corrected chi connectivity index (χ4v) is 1.96. The molecule has 0 aliphatic carbocycles. The Bertz CT molecular complexity index is 573. The van der Waals surface area contributed by atoms with E-state index in [1.807, 2.05) is 12.1 Å². The second-order valence-corrected chi connectivity index (χ2v) is 4.58. The van der Waals surface area contributed by atoms with Crippen molar-refractivity contribution in [1.29, 1.82) is 0 Å². The lowest BCUT2D eigenvalue weighted by atomic mass is 9.97. The molecule has 0 unspecified atom stereocenters. The number of rotatable bonds is 2. The Morgan fingerprint density at radius 3 is 2.41 bits per heavy atom. The second-order valence-electron chi connectivity index (χ2n) is 4.15. The van der Waals surface area contributed by atoms with Gasteiger partial charge >= 0.3 is 0 Å². The summed E-state index contributed by atoms with van der Waals surface area (Å²) in [6.45, 7) is 4.13. The van der Waals surface area contributed by atoms with Gasteiger partial charge in [-0.25, -0.2) is 0 Å². The molecule has 0 heterocycles. The summed E-state index contributed by atoms with van der Waals surface area (Å²) in [4.78, 5) is 11.0. The van der Waals surface area contributed by atoms with Crippen molar-refractivity contribution in [3.63, 3.8) is 0 Å². The maximum absolute atomic E-state index is 11.0. The highest BCUT2D eigenvalue weighted by Gasteiger charge is 2.06. The molecule has 0 fully saturated rings. The Labute approximate surface area is 106 Å². The summed E-state index contributed by atoms with van der Waals surface area (Å²) in [6, 6.07) is 11.5. The van der Waals surface area contributed by atoms with Crippen LogP contribution in [0.25, 0.3) is 11.1 Å². The van der Waals surface area contributed by atoms with E-state index in [9.17, 15) is 4.79 Å². The summed E-state index contributed by atoms with van der Waals surface area (Å²) >= 11 is 5.98. The predicted octanol–water partition coefficient (Wildman–Crippen LogP) is 4.44. The zero-order valence-electron chi connectivity index (χ0n) is 9.83. The van der Waals surface area contributed by atoms with Crippen molar-refractivity contribution < 1.29 is 4.79 Å². The third kappa shape index (κ3) is 2.40. The topological polar surface area (TPSA) is 17.1 Å². The van der Waals surface area contributed by atoms with Crippen LogP contribution in [0.15, 0.2) is 36.4 Å². The van der Waals surface area contributed by atoms with Crippen molar-refractivity contribution >= 4 is 17.9 Å². The molecule has 17 heavy (non-hydrogen) atoms. The number of hydrogen-bond donors (Lipinski definition) is 0. The average Bonchev–Trinajstić information content (AvgIpc) is 2.32. The monoisotopic (exact) mass is 244 g/mol. The van der Waals surface area contributed by atoms with E-state index >= 15 is 0 Å². The van der Waals surface area contributed by atoms with E-state index < -0.39 is 0 Å². The van der Waals surface area contributed by atoms with Gasteiger partial charge in [0, 0.05) is 10.6 Å². The number of carbonyl (C=O) groups excluding carboxylic acids is 1. The Morgan fingerprint density at radius 1 is 1.00 bits per heavy atom. The summed E-state index contributed by atoms with van der Waals surface area (Å²) in [6.07, 6.45) is 0.862. The zero-order chi connectivity index (χ0) is 12.4. The molecular weight excluding hydrogens is 232 g/mol. The summed E-state index contributed by atoms with van der Waals surface area (Å²) in [5.41, 5.74) is 5.02. The third-order valence-electron chi connectivity index (χ3n) is 2.96. The molecule has 2 heteroatoms. The van der Waals surface area contributed by atoms with Crippen LogP contribution in [0.5, 0.6) is 0 Å². The number of carbonyl (C=O) groups is 1. The summed E-state index contributed by atoms with van der Waals surface area (Å²) in [7, 11) is 0. The van der Waals surface area contributed by atoms with Crippen LogP contribution in [-0.4, -0.2) is 6.29 Å². The van der Waals surface area contributed by atoms with Gasteiger partial charge in [-0.05, 0) is 54.3 Å². The molecule has 86 valence electrons. The molecule has 0 aliphatic rings. The molecule has 0 amide bonds. The Kier molecular flexibility index (Phi) is 3.30. The van der Waals surface area contributed by atoms with E-state index in [0.717, 1.165) is 17.4 Å². The van der Waals surface area contributed by atoms with Crippen LogP contribution in [0.4, 0.5) is 0 Å². The van der Waals surface area contributed by atoms with Gasteiger partial charge in [0.2, 0.25) is 0 Å². The number of hydrogen-bond acceptors (Lipinski definition) is 1. The summed E-state index contributed by atoms with van der Waals surface area (Å²) in [5.74, 6) is 0. The lowest BCUT2D eigenvalue weighted by Crippen LogP contribution is -1.89. The lowest BCUT2D eigenvalue weighted by molar-refractivity contribution is 0.112. The first kappa shape index (κ1) is 11.9. The number of aryl methyl sites for hydroxylation is 2. The van der Waals surface area contributed by atoms with E-state index in [-0.39, 0.29) is 0 Å². The van der Waals surface area contributed by atoms with Crippen LogP contribution >= 0.6 is 11.6 Å². The first-order valence-corrected chi connectivity index (χ1v) is 5.82. The fraction of sp³-hybridized carbons (Fsp3) is 0.133. The Balaban J connectivity index is 2.62. The quantitative estimate of drug-likeness (QED) is 0.714. The average molecular weight is 245 g/mol. The molecule has 0 radical (unpaired) electrons. The fourth-order valence-electron chi connectivity index (χ4n) is 1.79. The number of aldehydes is 1. The minimum atomic E-state index is 0.642. The van der Waals surface area contributed by atoms with Crippen LogP contribution in [0.2, 0.25) is 5.02 Å². The summed E-state index contributed by atoms with van der Waals surface area (Å²) < 4.78 is 0. The van der Waals surface area contributed by atoms with Gasteiger partial charge in [0.15, 0.2) is 6.29 Å². The normalized spacial score (nSPS) is 10.3. The van der Waals surface area contributed by atoms with E-state index in [4.69, 9.17) is 11.6 Å². The molecule has 0 aromatic heterocycles. The maximum atomic E-state index is 11.0. The minimum Gasteiger partial charge on any atom is -0.298 e. The first-order valence-electron chi connectivity index (χ1n) is 5.44. The largest absolute Gasteiger partial charge is 0.298 e. The molecule has 0 saturated carbocycles. The minimum absolute atomic E-state index is 0.642. The first-order chi connectivity index (χ1) is 8.11. The predicted molar refractivity (Wildman–Crippen MR) is 71.7 cm³/mol. The van der Waals surface area contributed by atoms with Crippen LogP contribution in [0.1, 0.15) is 21.5 Å². The van der Waals surface area contributed by atoms with Gasteiger partial charge in [-0.2, -0.15) is 0 Å². The van der Waals surface area contributed by atoms with Crippen molar-refractivity contribution in [2.45, 2.75) is 13.8 Å². The molecule has 2 aromatic rings. The van der Waals surface area contributed by atoms with Crippen LogP contribution in [0.3, 0.4) is 0 Å². The highest BCUT2D eigenvalue weighted by molar-refractivity contribution is 6.31. The van der Waals surface area contributed by atoms with Gasteiger partial charge in [-0.15, -0.1) is 0 Å². The highest BCUT2D eigenvalue weighted by atomic mass is 35.5. The lowest BCUT2D eigenvalue weighted by Gasteiger charge is -2.08. The second kappa shape index (κ2) is 4.72. The zero-order valence-corrected chi connectivity index (χ0v) is 10.6. The van der Waals surface area contributed by atoms with Gasteiger partial charge in [-0.1, -0.05) is 29.8 Å². The van der Waals surface area contributed by atoms with Gasteiger partial charge in [0.1, 0.15) is 0 Å². The third-order valence-corrected chi connectivity index (χ3v) is 3.20. The van der Waals surface area contributed by atoms with Crippen LogP contribution in [-0.2, 0) is 0 Å². The molecule has 0 atom stereocenters. The molecule has 0 spiro atoms. The smallest absolute Gasteiger partial charge is 0.150 e. The molecule has 0 saturated heterocycles. The van der Waals surface area contributed by atoms with E-state index in [1.54, 1.807) is 12.1 Å². The summed E-state index contributed by atoms with van der Waals surface area (Å²) in [5, 5.41) is 0.642. The number of halogens is 1. The standard InChI is InChI=1S/C15H13ClO/c1-10-3-4-12(7-11(10)2)15-8-14(16)6-5-13(15)9-17/h3-9H,1-2H3. The van der Waals surface area contributed by atoms with E-state index in [2.05, 4.69) is 26.0 Å². The van der Waals surface area contributed by atoms with Gasteiger partial charge in [0.05, 0.1) is 0 Å². The molecule has 0 bridgehead atoms. The Hall–Kier alpha value is -1.60. The molecule has 2 aromatic carbocycles. The van der Waals surface area contributed by atoms with Crippen molar-refractivity contribution in [1.82, 2.24) is 0 Å². The van der Waals surface area contributed by atoms with Gasteiger partial charge in [-0.3, -0.25) is 4.79 Å². The van der Waals surface area contributed by atoms with Crippen LogP contribution in [0, 0.1) is 13.8 Å². The highest BCUT2D eigenvalue weighted by Crippen LogP contribution is 2.27. The maximum Gasteiger partial charge on any atom is 0.150 e. The molecule has 1 nitrogen and oxygen atoms in total. The van der Waals surface area contributed by atoms with Crippen LogP contribution < -0.4 is 0 Å². The molecule has 0 aliphatic heterocycles. The molecular formula is C15H13ClO. The van der Waals surface area contributed by atoms with E-state index in [1.165, 1.54) is 11.1 Å².